The van der Waals surface area contributed by atoms with Gasteiger partial charge < -0.3 is 26.2 Å². The van der Waals surface area contributed by atoms with E-state index < -0.39 is 58.0 Å². The highest BCUT2D eigenvalue weighted by Crippen LogP contribution is 2.52. The summed E-state index contributed by atoms with van der Waals surface area (Å²) in [4.78, 5) is 40.4. The maximum Gasteiger partial charge on any atom is 0.255 e. The number of aliphatic hydroxyl groups excluding tert-OH is 2. The number of fused-ring (bicyclic) bond motifs is 3. The molecule has 3 aliphatic carbocycles. The molecule has 37 heavy (non-hydrogen) atoms. The van der Waals surface area contributed by atoms with Gasteiger partial charge in [0, 0.05) is 29.9 Å². The molecule has 0 saturated heterocycles. The smallest absolute Gasteiger partial charge is 0.255 e. The van der Waals surface area contributed by atoms with E-state index >= 15 is 0 Å². The molecule has 192 valence electrons. The van der Waals surface area contributed by atoms with E-state index in [2.05, 4.69) is 17.9 Å². The summed E-state index contributed by atoms with van der Waals surface area (Å²) in [6.07, 6.45) is 1.63. The van der Waals surface area contributed by atoms with E-state index in [1.54, 1.807) is 20.2 Å². The lowest BCUT2D eigenvalue weighted by molar-refractivity contribution is -0.153. The van der Waals surface area contributed by atoms with E-state index in [4.69, 9.17) is 11.0 Å². The molecule has 0 heterocycles. The Labute approximate surface area is 213 Å². The van der Waals surface area contributed by atoms with Gasteiger partial charge in [0.2, 0.25) is 5.78 Å². The number of carbonyl (C=O) groups excluding carboxylic acids is 3. The second-order valence-electron chi connectivity index (χ2n) is 9.76. The lowest BCUT2D eigenvalue weighted by Gasteiger charge is -2.50. The third-order valence-corrected chi connectivity index (χ3v) is 7.42. The highest BCUT2D eigenvalue weighted by atomic mass is 16.3. The number of phenols is 1. The Morgan fingerprint density at radius 2 is 1.92 bits per heavy atom. The summed E-state index contributed by atoms with van der Waals surface area (Å²) in [5, 5.41) is 52.9. The van der Waals surface area contributed by atoms with Crippen molar-refractivity contribution in [3.8, 4) is 23.7 Å². The minimum Gasteiger partial charge on any atom is -0.508 e. The Hall–Kier alpha value is -4.12. The SMILES string of the molecule is CN(C)C1C(=O)C(C(N)=O)=C(O)C2(O)C(=O)C3=C(O)c4c(O)ccc(C#CCCCC#N)c4CC3CC12. The van der Waals surface area contributed by atoms with Crippen LogP contribution in [-0.4, -0.2) is 68.5 Å². The number of nitriles is 1. The monoisotopic (exact) mass is 505 g/mol. The van der Waals surface area contributed by atoms with Crippen LogP contribution in [0.25, 0.3) is 5.76 Å². The zero-order valence-electron chi connectivity index (χ0n) is 20.4. The summed E-state index contributed by atoms with van der Waals surface area (Å²) in [7, 11) is 3.09. The zero-order chi connectivity index (χ0) is 27.2. The van der Waals surface area contributed by atoms with Crippen LogP contribution in [0.5, 0.6) is 5.75 Å². The number of aliphatic hydroxyl groups is 3. The van der Waals surface area contributed by atoms with Crippen LogP contribution in [0.15, 0.2) is 29.0 Å². The number of benzene rings is 1. The van der Waals surface area contributed by atoms with Crippen molar-refractivity contribution in [1.29, 1.82) is 5.26 Å². The van der Waals surface area contributed by atoms with Gasteiger partial charge in [0.25, 0.3) is 5.91 Å². The molecular weight excluding hydrogens is 478 g/mol. The number of aromatic hydroxyl groups is 1. The van der Waals surface area contributed by atoms with E-state index in [9.17, 15) is 34.8 Å². The fraction of sp³-hybridized carbons (Fsp3) is 0.407. The van der Waals surface area contributed by atoms with Crippen molar-refractivity contribution in [3.05, 3.63) is 45.7 Å². The minimum atomic E-state index is -2.67. The van der Waals surface area contributed by atoms with Crippen LogP contribution in [0.2, 0.25) is 0 Å². The molecule has 1 fully saturated rings. The van der Waals surface area contributed by atoms with Gasteiger partial charge in [0.15, 0.2) is 11.4 Å². The Bertz CT molecular complexity index is 1390. The molecule has 4 unspecified atom stereocenters. The first-order valence-electron chi connectivity index (χ1n) is 11.8. The molecule has 1 aromatic carbocycles. The summed E-state index contributed by atoms with van der Waals surface area (Å²) in [6, 6.07) is 3.85. The Morgan fingerprint density at radius 3 is 2.54 bits per heavy atom. The van der Waals surface area contributed by atoms with Crippen molar-refractivity contribution >= 4 is 23.2 Å². The number of ketones is 2. The lowest BCUT2D eigenvalue weighted by Crippen LogP contribution is -2.65. The fourth-order valence-electron chi connectivity index (χ4n) is 5.77. The predicted octanol–water partition coefficient (Wildman–Crippen LogP) is 1.01. The van der Waals surface area contributed by atoms with Crippen molar-refractivity contribution in [2.45, 2.75) is 43.7 Å². The van der Waals surface area contributed by atoms with E-state index in [-0.39, 0.29) is 29.7 Å². The summed E-state index contributed by atoms with van der Waals surface area (Å²) in [6.45, 7) is 0. The molecule has 1 saturated carbocycles. The van der Waals surface area contributed by atoms with Crippen molar-refractivity contribution in [3.63, 3.8) is 0 Å². The number of nitrogens with zero attached hydrogens (tertiary/aromatic N) is 2. The van der Waals surface area contributed by atoms with Crippen molar-refractivity contribution < 1.29 is 34.8 Å². The average Bonchev–Trinajstić information content (AvgIpc) is 2.82. The van der Waals surface area contributed by atoms with Gasteiger partial charge in [-0.2, -0.15) is 5.26 Å². The van der Waals surface area contributed by atoms with Gasteiger partial charge in [-0.15, -0.1) is 0 Å². The second-order valence-corrected chi connectivity index (χ2v) is 9.76. The van der Waals surface area contributed by atoms with Crippen molar-refractivity contribution in [2.75, 3.05) is 14.1 Å². The maximum absolute atomic E-state index is 13.8. The molecule has 0 spiro atoms. The number of primary amides is 1. The number of rotatable bonds is 4. The number of carbonyl (C=O) groups is 3. The highest BCUT2D eigenvalue weighted by molar-refractivity contribution is 6.24. The molecule has 0 bridgehead atoms. The highest BCUT2D eigenvalue weighted by Gasteiger charge is 2.64. The fourth-order valence-corrected chi connectivity index (χ4v) is 5.77. The van der Waals surface area contributed by atoms with Crippen LogP contribution in [0.3, 0.4) is 0 Å². The van der Waals surface area contributed by atoms with E-state index in [0.717, 1.165) is 0 Å². The van der Waals surface area contributed by atoms with Crippen LogP contribution >= 0.6 is 0 Å². The van der Waals surface area contributed by atoms with Gasteiger partial charge in [0.05, 0.1) is 17.7 Å². The van der Waals surface area contributed by atoms with Gasteiger partial charge in [-0.1, -0.05) is 11.8 Å². The van der Waals surface area contributed by atoms with Crippen molar-refractivity contribution in [2.24, 2.45) is 17.6 Å². The molecule has 3 aliphatic rings. The lowest BCUT2D eigenvalue weighted by atomic mass is 9.57. The van der Waals surface area contributed by atoms with Gasteiger partial charge in [-0.05, 0) is 57.0 Å². The standard InChI is InChI=1S/C27H27N3O7/c1-30(2)21-16-12-14-11-15-13(7-5-3-4-6-10-28)8-9-17(31)19(15)22(32)18(14)24(34)27(16,37)25(35)20(23(21)33)26(29)36/h8-9,14,16,21,31-32,35,37H,3-4,6,11-12H2,1-2H3,(H2,29,36). The van der Waals surface area contributed by atoms with Crippen molar-refractivity contribution in [1.82, 2.24) is 4.90 Å². The number of hydrogen-bond acceptors (Lipinski definition) is 9. The van der Waals surface area contributed by atoms with Gasteiger partial charge in [0.1, 0.15) is 22.8 Å². The number of likely N-dealkylation sites (N-methyl/N-ethyl adjacent to an activating group) is 1. The van der Waals surface area contributed by atoms with Crippen LogP contribution in [0.4, 0.5) is 0 Å². The number of Topliss-reactive ketones (excluding diaryl/α,β-unsaturated/α-hetero) is 2. The number of amides is 1. The first kappa shape index (κ1) is 26.0. The quantitative estimate of drug-likeness (QED) is 0.226. The predicted molar refractivity (Wildman–Crippen MR) is 131 cm³/mol. The first-order valence-corrected chi connectivity index (χ1v) is 11.8. The van der Waals surface area contributed by atoms with Crippen LogP contribution in [0, 0.1) is 35.0 Å². The first-order chi connectivity index (χ1) is 17.5. The maximum atomic E-state index is 13.8. The third kappa shape index (κ3) is 3.86. The molecule has 4 rings (SSSR count). The molecule has 1 aromatic rings. The number of unbranched alkanes of at least 4 members (excludes halogenated alkanes) is 2. The molecule has 4 atom stereocenters. The van der Waals surface area contributed by atoms with Crippen LogP contribution in [-0.2, 0) is 20.8 Å². The Morgan fingerprint density at radius 1 is 1.22 bits per heavy atom. The summed E-state index contributed by atoms with van der Waals surface area (Å²) >= 11 is 0. The largest absolute Gasteiger partial charge is 0.508 e. The van der Waals surface area contributed by atoms with Crippen LogP contribution in [0.1, 0.15) is 42.4 Å². The second kappa shape index (κ2) is 9.40. The van der Waals surface area contributed by atoms with Gasteiger partial charge >= 0.3 is 0 Å². The molecule has 6 N–H and O–H groups in total. The normalized spacial score (nSPS) is 26.6. The van der Waals surface area contributed by atoms with Gasteiger partial charge in [-0.3, -0.25) is 19.3 Å². The minimum absolute atomic E-state index is 0.000106. The Kier molecular flexibility index (Phi) is 6.59. The molecule has 0 aromatic heterocycles. The van der Waals surface area contributed by atoms with E-state index in [0.29, 0.717) is 30.4 Å². The Balaban J connectivity index is 1.88. The molecular formula is C27H27N3O7. The number of hydrogen-bond donors (Lipinski definition) is 5. The molecule has 10 heteroatoms. The topological polar surface area (TPSA) is 185 Å². The summed E-state index contributed by atoms with van der Waals surface area (Å²) < 4.78 is 0. The zero-order valence-corrected chi connectivity index (χ0v) is 20.4. The number of phenolic OH excluding ortho intramolecular Hbond substituents is 1. The molecule has 10 nitrogen and oxygen atoms in total. The molecule has 1 amide bonds. The number of nitrogens with two attached hydrogens (primary N) is 1. The molecule has 0 aliphatic heterocycles. The summed E-state index contributed by atoms with van der Waals surface area (Å²) in [5.74, 6) is -0.909. The average molecular weight is 506 g/mol. The van der Waals surface area contributed by atoms with Crippen LogP contribution < -0.4 is 5.73 Å². The van der Waals surface area contributed by atoms with E-state index in [1.807, 2.05) is 0 Å². The van der Waals surface area contributed by atoms with Gasteiger partial charge in [-0.25, -0.2) is 0 Å². The summed E-state index contributed by atoms with van der Waals surface area (Å²) in [5.41, 5.74) is 2.64. The third-order valence-electron chi connectivity index (χ3n) is 7.42. The van der Waals surface area contributed by atoms with E-state index in [1.165, 1.54) is 11.0 Å². The molecule has 0 radical (unpaired) electrons.